The molecular formula is C12H17F3N4OS2. The van der Waals surface area contributed by atoms with E-state index in [2.05, 4.69) is 15.5 Å². The lowest BCUT2D eigenvalue weighted by Crippen LogP contribution is -2.46. The third kappa shape index (κ3) is 5.01. The zero-order valence-corrected chi connectivity index (χ0v) is 13.8. The molecule has 0 bridgehead atoms. The Labute approximate surface area is 134 Å². The van der Waals surface area contributed by atoms with E-state index < -0.39 is 18.6 Å². The molecule has 1 heterocycles. The Bertz CT molecular complexity index is 519. The Kier molecular flexibility index (Phi) is 5.54. The first-order valence-corrected chi connectivity index (χ1v) is 8.60. The fourth-order valence-electron chi connectivity index (χ4n) is 2.06. The fourth-order valence-corrected chi connectivity index (χ4v) is 3.65. The molecular weight excluding hydrogens is 337 g/mol. The predicted molar refractivity (Wildman–Crippen MR) is 80.1 cm³/mol. The van der Waals surface area contributed by atoms with Crippen molar-refractivity contribution in [2.45, 2.75) is 36.3 Å². The fraction of sp³-hybridized carbons (Fsp3) is 0.750. The standard InChI is InChI=1S/C12H17F3N4OS2/c1-7(8-3-4-8)19(6-12(13,14)15)9(20)5-21-11-18-17-10(16-2)22-11/h7-8H,3-6H2,1-2H3,(H,16,17)/t7-/m1/s1. The van der Waals surface area contributed by atoms with Crippen molar-refractivity contribution in [2.75, 3.05) is 24.7 Å². The van der Waals surface area contributed by atoms with Gasteiger partial charge in [0.15, 0.2) is 4.34 Å². The molecule has 0 aliphatic heterocycles. The molecule has 0 saturated heterocycles. The second kappa shape index (κ2) is 7.03. The van der Waals surface area contributed by atoms with Crippen LogP contribution in [-0.2, 0) is 4.79 Å². The number of hydrogen-bond donors (Lipinski definition) is 1. The van der Waals surface area contributed by atoms with Gasteiger partial charge in [0.2, 0.25) is 11.0 Å². The van der Waals surface area contributed by atoms with Gasteiger partial charge in [-0.1, -0.05) is 23.1 Å². The van der Waals surface area contributed by atoms with Crippen LogP contribution in [0.1, 0.15) is 19.8 Å². The summed E-state index contributed by atoms with van der Waals surface area (Å²) >= 11 is 2.38. The first-order valence-electron chi connectivity index (χ1n) is 6.80. The maximum Gasteiger partial charge on any atom is 0.406 e. The highest BCUT2D eigenvalue weighted by molar-refractivity contribution is 8.01. The van der Waals surface area contributed by atoms with E-state index in [-0.39, 0.29) is 17.7 Å². The van der Waals surface area contributed by atoms with E-state index in [1.807, 2.05) is 0 Å². The molecule has 1 N–H and O–H groups in total. The highest BCUT2D eigenvalue weighted by Crippen LogP contribution is 2.36. The van der Waals surface area contributed by atoms with Gasteiger partial charge >= 0.3 is 6.18 Å². The van der Waals surface area contributed by atoms with Crippen molar-refractivity contribution < 1.29 is 18.0 Å². The molecule has 5 nitrogen and oxygen atoms in total. The summed E-state index contributed by atoms with van der Waals surface area (Å²) in [6.07, 6.45) is -2.61. The SMILES string of the molecule is CNc1nnc(SCC(=O)N(CC(F)(F)F)[C@H](C)C2CC2)s1. The van der Waals surface area contributed by atoms with Crippen molar-refractivity contribution in [2.24, 2.45) is 5.92 Å². The number of nitrogens with one attached hydrogen (secondary N) is 1. The van der Waals surface area contributed by atoms with Crippen LogP contribution in [0, 0.1) is 5.92 Å². The van der Waals surface area contributed by atoms with Crippen molar-refractivity contribution in [1.29, 1.82) is 0 Å². The van der Waals surface area contributed by atoms with Crippen LogP contribution in [0.15, 0.2) is 4.34 Å². The van der Waals surface area contributed by atoms with Gasteiger partial charge in [-0.15, -0.1) is 10.2 Å². The largest absolute Gasteiger partial charge is 0.406 e. The molecule has 1 fully saturated rings. The minimum absolute atomic E-state index is 0.0640. The van der Waals surface area contributed by atoms with Gasteiger partial charge in [-0.3, -0.25) is 4.79 Å². The van der Waals surface area contributed by atoms with Crippen LogP contribution in [0.5, 0.6) is 0 Å². The third-order valence-electron chi connectivity index (χ3n) is 3.41. The summed E-state index contributed by atoms with van der Waals surface area (Å²) in [7, 11) is 1.70. The van der Waals surface area contributed by atoms with E-state index in [4.69, 9.17) is 0 Å². The molecule has 1 aromatic heterocycles. The number of aromatic nitrogens is 2. The molecule has 124 valence electrons. The topological polar surface area (TPSA) is 58.1 Å². The average molecular weight is 354 g/mol. The summed E-state index contributed by atoms with van der Waals surface area (Å²) in [5.41, 5.74) is 0. The molecule has 0 spiro atoms. The first-order chi connectivity index (χ1) is 10.3. The van der Waals surface area contributed by atoms with E-state index in [1.165, 1.54) is 11.3 Å². The Morgan fingerprint density at radius 1 is 1.50 bits per heavy atom. The molecule has 22 heavy (non-hydrogen) atoms. The van der Waals surface area contributed by atoms with E-state index >= 15 is 0 Å². The number of carbonyl (C=O) groups excluding carboxylic acids is 1. The highest BCUT2D eigenvalue weighted by Gasteiger charge is 2.40. The lowest BCUT2D eigenvalue weighted by molar-refractivity contribution is -0.164. The van der Waals surface area contributed by atoms with Crippen LogP contribution < -0.4 is 5.32 Å². The van der Waals surface area contributed by atoms with E-state index in [0.717, 1.165) is 29.5 Å². The minimum Gasteiger partial charge on any atom is -0.363 e. The molecule has 0 aromatic carbocycles. The Balaban J connectivity index is 1.95. The number of amides is 1. The van der Waals surface area contributed by atoms with Crippen molar-refractivity contribution in [3.63, 3.8) is 0 Å². The lowest BCUT2D eigenvalue weighted by atomic mass is 10.2. The van der Waals surface area contributed by atoms with E-state index in [9.17, 15) is 18.0 Å². The maximum absolute atomic E-state index is 12.7. The van der Waals surface area contributed by atoms with Gasteiger partial charge < -0.3 is 10.2 Å². The smallest absolute Gasteiger partial charge is 0.363 e. The van der Waals surface area contributed by atoms with Crippen LogP contribution in [0.3, 0.4) is 0 Å². The van der Waals surface area contributed by atoms with Gasteiger partial charge in [-0.25, -0.2) is 0 Å². The molecule has 1 aromatic rings. The van der Waals surface area contributed by atoms with Crippen LogP contribution in [-0.4, -0.2) is 52.6 Å². The minimum atomic E-state index is -4.38. The van der Waals surface area contributed by atoms with Gasteiger partial charge in [-0.2, -0.15) is 13.2 Å². The Morgan fingerprint density at radius 2 is 2.18 bits per heavy atom. The zero-order valence-electron chi connectivity index (χ0n) is 12.2. The number of alkyl halides is 3. The molecule has 1 aliphatic rings. The Hall–Kier alpha value is -1.03. The molecule has 10 heteroatoms. The van der Waals surface area contributed by atoms with Gasteiger partial charge in [0.25, 0.3) is 0 Å². The molecule has 0 radical (unpaired) electrons. The monoisotopic (exact) mass is 354 g/mol. The van der Waals surface area contributed by atoms with Crippen LogP contribution >= 0.6 is 23.1 Å². The lowest BCUT2D eigenvalue weighted by Gasteiger charge is -2.30. The zero-order chi connectivity index (χ0) is 16.3. The summed E-state index contributed by atoms with van der Waals surface area (Å²) in [6, 6.07) is -0.378. The molecule has 1 amide bonds. The number of anilines is 1. The second-order valence-electron chi connectivity index (χ2n) is 5.13. The number of nitrogens with zero attached hydrogens (tertiary/aromatic N) is 3. The maximum atomic E-state index is 12.7. The summed E-state index contributed by atoms with van der Waals surface area (Å²) in [6.45, 7) is 0.498. The normalized spacial score (nSPS) is 16.4. The molecule has 1 atom stereocenters. The van der Waals surface area contributed by atoms with Crippen LogP contribution in [0.4, 0.5) is 18.3 Å². The second-order valence-corrected chi connectivity index (χ2v) is 7.33. The number of carbonyl (C=O) groups is 1. The van der Waals surface area contributed by atoms with Crippen LogP contribution in [0.25, 0.3) is 0 Å². The number of halogens is 3. The van der Waals surface area contributed by atoms with Gasteiger partial charge in [0.05, 0.1) is 5.75 Å². The van der Waals surface area contributed by atoms with Crippen molar-refractivity contribution >= 4 is 34.1 Å². The molecule has 1 saturated carbocycles. The third-order valence-corrected chi connectivity index (χ3v) is 5.46. The van der Waals surface area contributed by atoms with Gasteiger partial charge in [0, 0.05) is 13.1 Å². The number of rotatable bonds is 7. The van der Waals surface area contributed by atoms with E-state index in [1.54, 1.807) is 14.0 Å². The van der Waals surface area contributed by atoms with Crippen molar-refractivity contribution in [3.05, 3.63) is 0 Å². The van der Waals surface area contributed by atoms with Crippen LogP contribution in [0.2, 0.25) is 0 Å². The summed E-state index contributed by atoms with van der Waals surface area (Å²) in [4.78, 5) is 13.1. The summed E-state index contributed by atoms with van der Waals surface area (Å²) in [5, 5.41) is 11.1. The van der Waals surface area contributed by atoms with E-state index in [0.29, 0.717) is 9.47 Å². The summed E-state index contributed by atoms with van der Waals surface area (Å²) in [5.74, 6) is -0.387. The molecule has 0 unspecified atom stereocenters. The number of hydrogen-bond acceptors (Lipinski definition) is 6. The average Bonchev–Trinajstić information content (AvgIpc) is 3.19. The first kappa shape index (κ1) is 17.3. The van der Waals surface area contributed by atoms with Gasteiger partial charge in [-0.05, 0) is 25.7 Å². The molecule has 1 aliphatic carbocycles. The Morgan fingerprint density at radius 3 is 2.68 bits per heavy atom. The quantitative estimate of drug-likeness (QED) is 0.763. The van der Waals surface area contributed by atoms with Gasteiger partial charge in [0.1, 0.15) is 6.54 Å². The summed E-state index contributed by atoms with van der Waals surface area (Å²) < 4.78 is 38.6. The predicted octanol–water partition coefficient (Wildman–Crippen LogP) is 2.86. The van der Waals surface area contributed by atoms with Crippen molar-refractivity contribution in [1.82, 2.24) is 15.1 Å². The molecule has 2 rings (SSSR count). The van der Waals surface area contributed by atoms with Crippen molar-refractivity contribution in [3.8, 4) is 0 Å². The number of thioether (sulfide) groups is 1. The highest BCUT2D eigenvalue weighted by atomic mass is 32.2.